The highest BCUT2D eigenvalue weighted by molar-refractivity contribution is 5.75. The maximum absolute atomic E-state index is 12.2. The predicted molar refractivity (Wildman–Crippen MR) is 50.4 cm³/mol. The summed E-state index contributed by atoms with van der Waals surface area (Å²) < 4.78 is 14.1. The summed E-state index contributed by atoms with van der Waals surface area (Å²) in [4.78, 5) is 4.33. The predicted octanol–water partition coefficient (Wildman–Crippen LogP) is 2.31. The molecule has 0 saturated heterocycles. The highest BCUT2D eigenvalue weighted by Gasteiger charge is 2.04. The second-order valence-corrected chi connectivity index (χ2v) is 2.99. The number of rotatable bonds is 2. The smallest absolute Gasteiger partial charge is 0.107 e. The number of alkyl halides is 1. The molecule has 13 heavy (non-hydrogen) atoms. The molecule has 0 atom stereocenters. The van der Waals surface area contributed by atoms with Crippen LogP contribution >= 0.6 is 0 Å². The number of hydrogen-bond acceptors (Lipinski definition) is 1. The fourth-order valence-electron chi connectivity index (χ4n) is 1.56. The molecule has 2 rings (SSSR count). The molecule has 0 radical (unpaired) electrons. The first kappa shape index (κ1) is 8.23. The number of aromatic nitrogens is 2. The first-order chi connectivity index (χ1) is 6.33. The van der Waals surface area contributed by atoms with E-state index >= 15 is 0 Å². The van der Waals surface area contributed by atoms with Gasteiger partial charge in [0.25, 0.3) is 0 Å². The van der Waals surface area contributed by atoms with Crippen molar-refractivity contribution in [3.8, 4) is 0 Å². The summed E-state index contributed by atoms with van der Waals surface area (Å²) in [6.45, 7) is 1.95. The van der Waals surface area contributed by atoms with Crippen LogP contribution in [-0.4, -0.2) is 16.2 Å². The maximum atomic E-state index is 12.2. The van der Waals surface area contributed by atoms with Crippen LogP contribution in [-0.2, 0) is 6.54 Å². The maximum Gasteiger partial charge on any atom is 0.107 e. The van der Waals surface area contributed by atoms with Gasteiger partial charge >= 0.3 is 0 Å². The molecule has 1 heterocycles. The molecular weight excluding hydrogens is 167 g/mol. The molecule has 0 fully saturated rings. The zero-order valence-corrected chi connectivity index (χ0v) is 7.50. The average Bonchev–Trinajstić information content (AvgIpc) is 2.44. The van der Waals surface area contributed by atoms with Crippen molar-refractivity contribution >= 4 is 11.0 Å². The van der Waals surface area contributed by atoms with Crippen LogP contribution < -0.4 is 0 Å². The Morgan fingerprint density at radius 3 is 2.92 bits per heavy atom. The summed E-state index contributed by atoms with van der Waals surface area (Å²) in [5, 5.41) is 0. The summed E-state index contributed by atoms with van der Waals surface area (Å²) >= 11 is 0. The number of benzene rings is 1. The van der Waals surface area contributed by atoms with Crippen molar-refractivity contribution in [3.05, 3.63) is 30.1 Å². The van der Waals surface area contributed by atoms with Gasteiger partial charge in [-0.15, -0.1) is 0 Å². The van der Waals surface area contributed by atoms with E-state index in [0.29, 0.717) is 6.54 Å². The number of aryl methyl sites for hydroxylation is 2. The number of fused-ring (bicyclic) bond motifs is 1. The van der Waals surface area contributed by atoms with Crippen molar-refractivity contribution in [1.82, 2.24) is 9.55 Å². The van der Waals surface area contributed by atoms with Crippen LogP contribution in [0.5, 0.6) is 0 Å². The van der Waals surface area contributed by atoms with Crippen molar-refractivity contribution in [1.29, 1.82) is 0 Å². The van der Waals surface area contributed by atoms with Crippen molar-refractivity contribution in [3.63, 3.8) is 0 Å². The summed E-state index contributed by atoms with van der Waals surface area (Å²) in [5.74, 6) is 0.874. The highest BCUT2D eigenvalue weighted by atomic mass is 19.1. The van der Waals surface area contributed by atoms with Crippen LogP contribution in [0.1, 0.15) is 5.82 Å². The zero-order valence-electron chi connectivity index (χ0n) is 7.50. The Morgan fingerprint density at radius 1 is 1.38 bits per heavy atom. The molecule has 0 bridgehead atoms. The van der Waals surface area contributed by atoms with E-state index in [-0.39, 0.29) is 6.67 Å². The van der Waals surface area contributed by atoms with Crippen LogP contribution in [0.25, 0.3) is 11.0 Å². The summed E-state index contributed by atoms with van der Waals surface area (Å²) in [7, 11) is 0. The van der Waals surface area contributed by atoms with Gasteiger partial charge in [0, 0.05) is 0 Å². The lowest BCUT2D eigenvalue weighted by molar-refractivity contribution is 0.446. The van der Waals surface area contributed by atoms with E-state index in [4.69, 9.17) is 0 Å². The van der Waals surface area contributed by atoms with Gasteiger partial charge in [-0.2, -0.15) is 0 Å². The van der Waals surface area contributed by atoms with Crippen molar-refractivity contribution in [2.75, 3.05) is 6.67 Å². The second-order valence-electron chi connectivity index (χ2n) is 2.99. The standard InChI is InChI=1S/C10H11FN2/c1-8-12-9-4-2-3-5-10(9)13(8)7-6-11/h2-5H,6-7H2,1H3. The molecule has 2 aromatic rings. The molecule has 0 amide bonds. The SMILES string of the molecule is Cc1nc2ccccc2n1CCF. The van der Waals surface area contributed by atoms with Crippen molar-refractivity contribution < 1.29 is 4.39 Å². The minimum atomic E-state index is -0.346. The lowest BCUT2D eigenvalue weighted by atomic mass is 10.3. The molecular formula is C10H11FN2. The van der Waals surface area contributed by atoms with E-state index in [0.717, 1.165) is 16.9 Å². The average molecular weight is 178 g/mol. The molecule has 0 saturated carbocycles. The fourth-order valence-corrected chi connectivity index (χ4v) is 1.56. The van der Waals surface area contributed by atoms with Gasteiger partial charge < -0.3 is 4.57 Å². The molecule has 0 aliphatic carbocycles. The van der Waals surface area contributed by atoms with Gasteiger partial charge in [-0.05, 0) is 19.1 Å². The first-order valence-corrected chi connectivity index (χ1v) is 4.31. The van der Waals surface area contributed by atoms with Crippen molar-refractivity contribution in [2.24, 2.45) is 0 Å². The molecule has 0 aliphatic heterocycles. The fraction of sp³-hybridized carbons (Fsp3) is 0.300. The molecule has 1 aromatic carbocycles. The van der Waals surface area contributed by atoms with Crippen molar-refractivity contribution in [2.45, 2.75) is 13.5 Å². The Hall–Kier alpha value is -1.38. The van der Waals surface area contributed by atoms with E-state index in [1.165, 1.54) is 0 Å². The Balaban J connectivity index is 2.64. The largest absolute Gasteiger partial charge is 0.326 e. The number of nitrogens with zero attached hydrogens (tertiary/aromatic N) is 2. The lowest BCUT2D eigenvalue weighted by Gasteiger charge is -2.01. The normalized spacial score (nSPS) is 10.9. The molecule has 0 N–H and O–H groups in total. The van der Waals surface area contributed by atoms with Crippen LogP contribution in [0.2, 0.25) is 0 Å². The Kier molecular flexibility index (Phi) is 2.00. The molecule has 1 aromatic heterocycles. The van der Waals surface area contributed by atoms with Gasteiger partial charge in [-0.25, -0.2) is 9.37 Å². The molecule has 0 spiro atoms. The zero-order chi connectivity index (χ0) is 9.26. The number of imidazole rings is 1. The van der Waals surface area contributed by atoms with E-state index in [1.54, 1.807) is 0 Å². The topological polar surface area (TPSA) is 17.8 Å². The second kappa shape index (κ2) is 3.17. The Morgan fingerprint density at radius 2 is 2.15 bits per heavy atom. The van der Waals surface area contributed by atoms with Crippen LogP contribution in [0.4, 0.5) is 4.39 Å². The molecule has 68 valence electrons. The number of hydrogen-bond donors (Lipinski definition) is 0. The Bertz CT molecular complexity index is 420. The van der Waals surface area contributed by atoms with E-state index in [2.05, 4.69) is 4.98 Å². The third-order valence-electron chi connectivity index (χ3n) is 2.15. The highest BCUT2D eigenvalue weighted by Crippen LogP contribution is 2.14. The van der Waals surface area contributed by atoms with Gasteiger partial charge in [0.2, 0.25) is 0 Å². The van der Waals surface area contributed by atoms with Gasteiger partial charge in [0.1, 0.15) is 12.5 Å². The summed E-state index contributed by atoms with van der Waals surface area (Å²) in [6, 6.07) is 7.79. The first-order valence-electron chi connectivity index (χ1n) is 4.31. The summed E-state index contributed by atoms with van der Waals surface area (Å²) in [5.41, 5.74) is 1.95. The minimum absolute atomic E-state index is 0.346. The Labute approximate surface area is 76.0 Å². The van der Waals surface area contributed by atoms with E-state index < -0.39 is 0 Å². The van der Waals surface area contributed by atoms with Gasteiger partial charge in [-0.3, -0.25) is 0 Å². The molecule has 0 unspecified atom stereocenters. The van der Waals surface area contributed by atoms with Gasteiger partial charge in [0.15, 0.2) is 0 Å². The van der Waals surface area contributed by atoms with Crippen LogP contribution in [0.15, 0.2) is 24.3 Å². The molecule has 0 aliphatic rings. The third-order valence-corrected chi connectivity index (χ3v) is 2.15. The minimum Gasteiger partial charge on any atom is -0.326 e. The summed E-state index contributed by atoms with van der Waals surface area (Å²) in [6.07, 6.45) is 0. The number of para-hydroxylation sites is 2. The van der Waals surface area contributed by atoms with E-state index in [9.17, 15) is 4.39 Å². The van der Waals surface area contributed by atoms with Crippen LogP contribution in [0.3, 0.4) is 0 Å². The third kappa shape index (κ3) is 1.30. The number of halogens is 1. The molecule has 3 heteroatoms. The monoisotopic (exact) mass is 178 g/mol. The van der Waals surface area contributed by atoms with E-state index in [1.807, 2.05) is 35.8 Å². The van der Waals surface area contributed by atoms with Gasteiger partial charge in [-0.1, -0.05) is 12.1 Å². The molecule has 2 nitrogen and oxygen atoms in total. The lowest BCUT2D eigenvalue weighted by Crippen LogP contribution is -2.01. The van der Waals surface area contributed by atoms with Crippen LogP contribution in [0, 0.1) is 6.92 Å². The van der Waals surface area contributed by atoms with Gasteiger partial charge in [0.05, 0.1) is 17.6 Å². The quantitative estimate of drug-likeness (QED) is 0.690.